The van der Waals surface area contributed by atoms with E-state index in [0.717, 1.165) is 43.1 Å². The molecule has 1 aromatic carbocycles. The van der Waals surface area contributed by atoms with E-state index in [0.29, 0.717) is 5.92 Å². The summed E-state index contributed by atoms with van der Waals surface area (Å²) in [7, 11) is 3.62. The summed E-state index contributed by atoms with van der Waals surface area (Å²) in [5, 5.41) is 3.16. The van der Waals surface area contributed by atoms with Crippen molar-refractivity contribution >= 4 is 0 Å². The summed E-state index contributed by atoms with van der Waals surface area (Å²) in [5.41, 5.74) is 1.14. The van der Waals surface area contributed by atoms with Crippen molar-refractivity contribution in [1.29, 1.82) is 0 Å². The van der Waals surface area contributed by atoms with Crippen molar-refractivity contribution in [1.82, 2.24) is 5.32 Å². The van der Waals surface area contributed by atoms with E-state index in [1.807, 2.05) is 19.2 Å². The number of rotatable bonds is 8. The van der Waals surface area contributed by atoms with Crippen molar-refractivity contribution in [3.05, 3.63) is 23.8 Å². The van der Waals surface area contributed by atoms with Gasteiger partial charge >= 0.3 is 0 Å². The highest BCUT2D eigenvalue weighted by molar-refractivity contribution is 5.46. The van der Waals surface area contributed by atoms with E-state index in [4.69, 9.17) is 9.47 Å². The van der Waals surface area contributed by atoms with Crippen molar-refractivity contribution in [2.24, 2.45) is 5.92 Å². The van der Waals surface area contributed by atoms with Crippen LogP contribution in [0.1, 0.15) is 32.3 Å². The molecule has 0 saturated carbocycles. The summed E-state index contributed by atoms with van der Waals surface area (Å²) >= 11 is 0. The Balaban J connectivity index is 2.83. The van der Waals surface area contributed by atoms with Crippen LogP contribution in [0.3, 0.4) is 0 Å². The molecule has 3 heteroatoms. The Kier molecular flexibility index (Phi) is 6.58. The number of benzene rings is 1. The minimum absolute atomic E-state index is 0.609. The monoisotopic (exact) mass is 251 g/mol. The van der Waals surface area contributed by atoms with Crippen LogP contribution in [0.25, 0.3) is 0 Å². The molecule has 0 spiro atoms. The van der Waals surface area contributed by atoms with Gasteiger partial charge in [0.25, 0.3) is 0 Å². The Morgan fingerprint density at radius 3 is 2.50 bits per heavy atom. The molecule has 1 N–H and O–H groups in total. The first-order valence-electron chi connectivity index (χ1n) is 6.70. The zero-order valence-electron chi connectivity index (χ0n) is 12.0. The first-order chi connectivity index (χ1) is 8.76. The minimum Gasteiger partial charge on any atom is -0.493 e. The van der Waals surface area contributed by atoms with Gasteiger partial charge in [0.05, 0.1) is 13.7 Å². The fourth-order valence-corrected chi connectivity index (χ4v) is 1.94. The molecule has 0 saturated heterocycles. The van der Waals surface area contributed by atoms with E-state index in [-0.39, 0.29) is 0 Å². The fraction of sp³-hybridized carbons (Fsp3) is 0.600. The number of methoxy groups -OCH3 is 1. The summed E-state index contributed by atoms with van der Waals surface area (Å²) in [5.74, 6) is 2.30. The second-order valence-electron chi connectivity index (χ2n) is 4.47. The Labute approximate surface area is 110 Å². The van der Waals surface area contributed by atoms with Gasteiger partial charge in [-0.1, -0.05) is 38.8 Å². The zero-order valence-corrected chi connectivity index (χ0v) is 12.0. The highest BCUT2D eigenvalue weighted by Crippen LogP contribution is 2.31. The van der Waals surface area contributed by atoms with Gasteiger partial charge in [0, 0.05) is 12.1 Å². The SMILES string of the molecule is CCC(CC)COc1c(CNC)cccc1OC. The molecule has 0 bridgehead atoms. The average molecular weight is 251 g/mol. The lowest BCUT2D eigenvalue weighted by atomic mass is 10.1. The van der Waals surface area contributed by atoms with Crippen LogP contribution >= 0.6 is 0 Å². The lowest BCUT2D eigenvalue weighted by Crippen LogP contribution is -2.13. The van der Waals surface area contributed by atoms with Crippen molar-refractivity contribution < 1.29 is 9.47 Å². The van der Waals surface area contributed by atoms with Gasteiger partial charge in [0.2, 0.25) is 0 Å². The van der Waals surface area contributed by atoms with Gasteiger partial charge in [0.1, 0.15) is 0 Å². The molecule has 1 rings (SSSR count). The van der Waals surface area contributed by atoms with Gasteiger partial charge in [-0.25, -0.2) is 0 Å². The summed E-state index contributed by atoms with van der Waals surface area (Å²) in [4.78, 5) is 0. The lowest BCUT2D eigenvalue weighted by molar-refractivity contribution is 0.228. The van der Waals surface area contributed by atoms with Crippen LogP contribution in [-0.4, -0.2) is 20.8 Å². The number of para-hydroxylation sites is 1. The summed E-state index contributed by atoms with van der Waals surface area (Å²) < 4.78 is 11.4. The van der Waals surface area contributed by atoms with Gasteiger partial charge in [0.15, 0.2) is 11.5 Å². The second kappa shape index (κ2) is 7.98. The maximum absolute atomic E-state index is 5.99. The quantitative estimate of drug-likeness (QED) is 0.769. The predicted octanol–water partition coefficient (Wildman–Crippen LogP) is 3.23. The average Bonchev–Trinajstić information content (AvgIpc) is 2.41. The van der Waals surface area contributed by atoms with E-state index >= 15 is 0 Å². The molecule has 0 fully saturated rings. The summed E-state index contributed by atoms with van der Waals surface area (Å²) in [6.45, 7) is 5.95. The van der Waals surface area contributed by atoms with Crippen LogP contribution in [0, 0.1) is 5.92 Å². The maximum Gasteiger partial charge on any atom is 0.165 e. The Morgan fingerprint density at radius 1 is 1.22 bits per heavy atom. The molecular formula is C15H25NO2. The number of nitrogens with one attached hydrogen (secondary N) is 1. The van der Waals surface area contributed by atoms with E-state index in [2.05, 4.69) is 25.2 Å². The molecule has 3 nitrogen and oxygen atoms in total. The van der Waals surface area contributed by atoms with Crippen LogP contribution in [-0.2, 0) is 6.54 Å². The third-order valence-electron chi connectivity index (χ3n) is 3.27. The summed E-state index contributed by atoms with van der Waals surface area (Å²) in [6, 6.07) is 6.01. The maximum atomic E-state index is 5.99. The molecule has 0 aliphatic carbocycles. The van der Waals surface area contributed by atoms with E-state index in [9.17, 15) is 0 Å². The molecule has 0 amide bonds. The predicted molar refractivity (Wildman–Crippen MR) is 75.3 cm³/mol. The first kappa shape index (κ1) is 14.8. The zero-order chi connectivity index (χ0) is 13.4. The van der Waals surface area contributed by atoms with Crippen molar-refractivity contribution in [3.8, 4) is 11.5 Å². The van der Waals surface area contributed by atoms with E-state index < -0.39 is 0 Å². The third-order valence-corrected chi connectivity index (χ3v) is 3.27. The third kappa shape index (κ3) is 3.91. The minimum atomic E-state index is 0.609. The van der Waals surface area contributed by atoms with Gasteiger partial charge < -0.3 is 14.8 Å². The molecule has 0 aliphatic rings. The summed E-state index contributed by atoms with van der Waals surface area (Å²) in [6.07, 6.45) is 2.29. The number of ether oxygens (including phenoxy) is 2. The molecule has 0 aliphatic heterocycles. The molecule has 1 aromatic rings. The molecule has 0 aromatic heterocycles. The van der Waals surface area contributed by atoms with Crippen LogP contribution in [0.15, 0.2) is 18.2 Å². The van der Waals surface area contributed by atoms with Crippen LogP contribution < -0.4 is 14.8 Å². The largest absolute Gasteiger partial charge is 0.493 e. The van der Waals surface area contributed by atoms with Crippen LogP contribution in [0.5, 0.6) is 11.5 Å². The van der Waals surface area contributed by atoms with E-state index in [1.54, 1.807) is 7.11 Å². The highest BCUT2D eigenvalue weighted by atomic mass is 16.5. The lowest BCUT2D eigenvalue weighted by Gasteiger charge is -2.18. The Morgan fingerprint density at radius 2 is 1.94 bits per heavy atom. The topological polar surface area (TPSA) is 30.5 Å². The smallest absolute Gasteiger partial charge is 0.165 e. The molecule has 0 unspecified atom stereocenters. The molecule has 0 atom stereocenters. The molecule has 102 valence electrons. The standard InChI is InChI=1S/C15H25NO2/c1-5-12(6-2)11-18-15-13(10-16-3)8-7-9-14(15)17-4/h7-9,12,16H,5-6,10-11H2,1-4H3. The van der Waals surface area contributed by atoms with Crippen molar-refractivity contribution in [2.45, 2.75) is 33.2 Å². The highest BCUT2D eigenvalue weighted by Gasteiger charge is 2.12. The van der Waals surface area contributed by atoms with Crippen molar-refractivity contribution in [3.63, 3.8) is 0 Å². The number of hydrogen-bond acceptors (Lipinski definition) is 3. The number of hydrogen-bond donors (Lipinski definition) is 1. The van der Waals surface area contributed by atoms with E-state index in [1.165, 1.54) is 0 Å². The van der Waals surface area contributed by atoms with Gasteiger partial charge in [-0.2, -0.15) is 0 Å². The Bertz CT molecular complexity index is 348. The van der Waals surface area contributed by atoms with Gasteiger partial charge in [-0.05, 0) is 19.0 Å². The van der Waals surface area contributed by atoms with Crippen LogP contribution in [0.2, 0.25) is 0 Å². The van der Waals surface area contributed by atoms with Crippen molar-refractivity contribution in [2.75, 3.05) is 20.8 Å². The van der Waals surface area contributed by atoms with Gasteiger partial charge in [-0.15, -0.1) is 0 Å². The molecule has 18 heavy (non-hydrogen) atoms. The first-order valence-corrected chi connectivity index (χ1v) is 6.70. The molecule has 0 radical (unpaired) electrons. The van der Waals surface area contributed by atoms with Gasteiger partial charge in [-0.3, -0.25) is 0 Å². The Hall–Kier alpha value is -1.22. The normalized spacial score (nSPS) is 10.7. The fourth-order valence-electron chi connectivity index (χ4n) is 1.94. The molecule has 0 heterocycles. The van der Waals surface area contributed by atoms with Crippen LogP contribution in [0.4, 0.5) is 0 Å². The molecular weight excluding hydrogens is 226 g/mol. The second-order valence-corrected chi connectivity index (χ2v) is 4.47.